The fourth-order valence-electron chi connectivity index (χ4n) is 3.71. The van der Waals surface area contributed by atoms with E-state index < -0.39 is 11.5 Å². The zero-order valence-electron chi connectivity index (χ0n) is 14.5. The van der Waals surface area contributed by atoms with E-state index in [1.807, 2.05) is 35.2 Å². The Kier molecular flexibility index (Phi) is 5.39. The Balaban J connectivity index is 1.46. The second-order valence-corrected chi connectivity index (χ2v) is 7.41. The van der Waals surface area contributed by atoms with Crippen molar-refractivity contribution >= 4 is 5.91 Å². The Morgan fingerprint density at radius 2 is 1.76 bits per heavy atom. The first-order valence-electron chi connectivity index (χ1n) is 9.00. The number of benzene rings is 1. The maximum absolute atomic E-state index is 13.2. The van der Waals surface area contributed by atoms with Gasteiger partial charge < -0.3 is 10.0 Å². The summed E-state index contributed by atoms with van der Waals surface area (Å²) in [5.41, 5.74) is 0.147. The first kappa shape index (κ1) is 18.3. The monoisotopic (exact) mass is 352 g/mol. The first-order valence-corrected chi connectivity index (χ1v) is 9.00. The molecule has 2 saturated heterocycles. The summed E-state index contributed by atoms with van der Waals surface area (Å²) >= 11 is 0. The largest absolute Gasteiger partial charge is 0.387 e. The summed E-state index contributed by atoms with van der Waals surface area (Å²) in [6.07, 6.45) is 1.33. The van der Waals surface area contributed by atoms with E-state index in [0.717, 1.165) is 5.56 Å². The number of carbonyl (C=O) groups is 1. The van der Waals surface area contributed by atoms with Gasteiger partial charge in [-0.25, -0.2) is 8.78 Å². The Morgan fingerprint density at radius 1 is 1.08 bits per heavy atom. The Bertz CT molecular complexity index is 586. The Labute approximate surface area is 147 Å². The second kappa shape index (κ2) is 7.38. The molecule has 2 fully saturated rings. The van der Waals surface area contributed by atoms with Crippen LogP contribution in [0, 0.1) is 0 Å². The van der Waals surface area contributed by atoms with Crippen LogP contribution in [0.25, 0.3) is 0 Å². The number of aryl methyl sites for hydroxylation is 1. The van der Waals surface area contributed by atoms with Gasteiger partial charge in [0.05, 0.1) is 12.1 Å². The van der Waals surface area contributed by atoms with E-state index in [0.29, 0.717) is 52.0 Å². The number of nitrogens with zero attached hydrogens (tertiary/aromatic N) is 2. The number of halogens is 2. The molecule has 0 bridgehead atoms. The normalized spacial score (nSPS) is 26.8. The zero-order chi connectivity index (χ0) is 17.9. The van der Waals surface area contributed by atoms with Crippen molar-refractivity contribution in [3.05, 3.63) is 35.9 Å². The van der Waals surface area contributed by atoms with Crippen molar-refractivity contribution in [2.75, 3.05) is 32.7 Å². The van der Waals surface area contributed by atoms with Crippen LogP contribution in [0.1, 0.15) is 31.2 Å². The second-order valence-electron chi connectivity index (χ2n) is 7.41. The van der Waals surface area contributed by atoms with Gasteiger partial charge in [0, 0.05) is 45.4 Å². The van der Waals surface area contributed by atoms with E-state index in [9.17, 15) is 18.7 Å². The molecule has 1 N–H and O–H groups in total. The lowest BCUT2D eigenvalue weighted by atomic mass is 10.00. The van der Waals surface area contributed by atoms with Gasteiger partial charge in [0.15, 0.2) is 0 Å². The van der Waals surface area contributed by atoms with E-state index in [-0.39, 0.29) is 18.7 Å². The van der Waals surface area contributed by atoms with Crippen molar-refractivity contribution in [2.24, 2.45) is 0 Å². The number of carbonyl (C=O) groups excluding carboxylic acids is 1. The van der Waals surface area contributed by atoms with E-state index in [1.165, 1.54) is 0 Å². The fourth-order valence-corrected chi connectivity index (χ4v) is 3.71. The number of amides is 1. The molecule has 0 aliphatic carbocycles. The van der Waals surface area contributed by atoms with Crippen LogP contribution in [0.15, 0.2) is 30.3 Å². The number of aliphatic hydroxyl groups is 1. The predicted octanol–water partition coefficient (Wildman–Crippen LogP) is 2.31. The van der Waals surface area contributed by atoms with Crippen molar-refractivity contribution in [2.45, 2.75) is 43.6 Å². The molecule has 1 atom stereocenters. The van der Waals surface area contributed by atoms with Gasteiger partial charge in [0.1, 0.15) is 0 Å². The van der Waals surface area contributed by atoms with Gasteiger partial charge in [-0.1, -0.05) is 30.3 Å². The van der Waals surface area contributed by atoms with Gasteiger partial charge in [-0.3, -0.25) is 9.69 Å². The summed E-state index contributed by atoms with van der Waals surface area (Å²) in [7, 11) is 0. The minimum atomic E-state index is -2.58. The smallest absolute Gasteiger partial charge is 0.250 e. The summed E-state index contributed by atoms with van der Waals surface area (Å²) in [6, 6.07) is 9.86. The highest BCUT2D eigenvalue weighted by atomic mass is 19.3. The molecule has 2 aliphatic heterocycles. The van der Waals surface area contributed by atoms with E-state index in [2.05, 4.69) is 0 Å². The number of β-amino-alcohol motifs (C(OH)–C–C–N with tert-alkyl or cyclic N) is 1. The summed E-state index contributed by atoms with van der Waals surface area (Å²) < 4.78 is 26.5. The number of alkyl halides is 2. The molecular formula is C19H26F2N2O2. The topological polar surface area (TPSA) is 43.8 Å². The molecule has 6 heteroatoms. The van der Waals surface area contributed by atoms with Crippen LogP contribution >= 0.6 is 0 Å². The van der Waals surface area contributed by atoms with Gasteiger partial charge in [0.25, 0.3) is 5.92 Å². The summed E-state index contributed by atoms with van der Waals surface area (Å²) in [5, 5.41) is 10.8. The molecule has 138 valence electrons. The molecule has 1 amide bonds. The van der Waals surface area contributed by atoms with Crippen molar-refractivity contribution in [1.82, 2.24) is 9.80 Å². The van der Waals surface area contributed by atoms with E-state index in [4.69, 9.17) is 0 Å². The van der Waals surface area contributed by atoms with Crippen LogP contribution in [0.3, 0.4) is 0 Å². The van der Waals surface area contributed by atoms with Crippen molar-refractivity contribution < 1.29 is 18.7 Å². The Morgan fingerprint density at radius 3 is 2.44 bits per heavy atom. The number of likely N-dealkylation sites (tertiary alicyclic amines) is 2. The molecule has 1 unspecified atom stereocenters. The average Bonchev–Trinajstić information content (AvgIpc) is 2.98. The molecule has 2 aliphatic rings. The van der Waals surface area contributed by atoms with Gasteiger partial charge in [-0.05, 0) is 18.4 Å². The van der Waals surface area contributed by atoms with E-state index in [1.54, 1.807) is 4.90 Å². The molecular weight excluding hydrogens is 326 g/mol. The number of hydrogen-bond acceptors (Lipinski definition) is 3. The molecule has 0 saturated carbocycles. The molecule has 0 radical (unpaired) electrons. The lowest BCUT2D eigenvalue weighted by Gasteiger charge is -2.36. The molecule has 3 rings (SSSR count). The average molecular weight is 352 g/mol. The third-order valence-electron chi connectivity index (χ3n) is 5.26. The number of hydrogen-bond donors (Lipinski definition) is 1. The van der Waals surface area contributed by atoms with Crippen molar-refractivity contribution in [1.29, 1.82) is 0 Å². The maximum atomic E-state index is 13.2. The van der Waals surface area contributed by atoms with E-state index >= 15 is 0 Å². The SMILES string of the molecule is O=C(CCc1ccccc1)N1CCC(O)(CN2CCC(F)(F)CC2)C1. The highest BCUT2D eigenvalue weighted by Crippen LogP contribution is 2.30. The minimum Gasteiger partial charge on any atom is -0.387 e. The fraction of sp³-hybridized carbons (Fsp3) is 0.632. The third kappa shape index (κ3) is 4.98. The summed E-state index contributed by atoms with van der Waals surface area (Å²) in [4.78, 5) is 16.0. The minimum absolute atomic E-state index is 0.0463. The van der Waals surface area contributed by atoms with Crippen LogP contribution < -0.4 is 0 Å². The quantitative estimate of drug-likeness (QED) is 0.884. The van der Waals surface area contributed by atoms with Crippen LogP contribution in [-0.4, -0.2) is 65.1 Å². The van der Waals surface area contributed by atoms with Crippen molar-refractivity contribution in [3.8, 4) is 0 Å². The van der Waals surface area contributed by atoms with Crippen LogP contribution in [-0.2, 0) is 11.2 Å². The molecule has 1 aromatic rings. The lowest BCUT2D eigenvalue weighted by Crippen LogP contribution is -2.49. The van der Waals surface area contributed by atoms with Gasteiger partial charge in [0.2, 0.25) is 5.91 Å². The zero-order valence-corrected chi connectivity index (χ0v) is 14.5. The molecule has 2 heterocycles. The molecule has 1 aromatic carbocycles. The highest BCUT2D eigenvalue weighted by molar-refractivity contribution is 5.77. The third-order valence-corrected chi connectivity index (χ3v) is 5.26. The lowest BCUT2D eigenvalue weighted by molar-refractivity contribution is -0.131. The number of rotatable bonds is 5. The molecule has 0 aromatic heterocycles. The van der Waals surface area contributed by atoms with Gasteiger partial charge in [-0.2, -0.15) is 0 Å². The molecule has 4 nitrogen and oxygen atoms in total. The maximum Gasteiger partial charge on any atom is 0.250 e. The molecule has 0 spiro atoms. The van der Waals surface area contributed by atoms with Crippen LogP contribution in [0.2, 0.25) is 0 Å². The first-order chi connectivity index (χ1) is 11.9. The Hall–Kier alpha value is -1.53. The van der Waals surface area contributed by atoms with Gasteiger partial charge in [-0.15, -0.1) is 0 Å². The van der Waals surface area contributed by atoms with Gasteiger partial charge >= 0.3 is 0 Å². The summed E-state index contributed by atoms with van der Waals surface area (Å²) in [5.74, 6) is -2.53. The summed E-state index contributed by atoms with van der Waals surface area (Å²) in [6.45, 7) is 1.81. The standard InChI is InChI=1S/C19H26F2N2O2/c20-19(21)9-11-22(12-10-19)14-18(25)8-13-23(15-18)17(24)7-6-16-4-2-1-3-5-16/h1-5,25H,6-15H2. The number of piperidine rings is 1. The van der Waals surface area contributed by atoms with Crippen molar-refractivity contribution in [3.63, 3.8) is 0 Å². The van der Waals surface area contributed by atoms with Crippen LogP contribution in [0.5, 0.6) is 0 Å². The molecule has 25 heavy (non-hydrogen) atoms. The predicted molar refractivity (Wildman–Crippen MR) is 91.5 cm³/mol. The van der Waals surface area contributed by atoms with Crippen LogP contribution in [0.4, 0.5) is 8.78 Å². The highest BCUT2D eigenvalue weighted by Gasteiger charge is 2.41.